The SMILES string of the molecule is CCOCCC(=O)NS(=O)(=O)c1sc(OC)nc1C. The van der Waals surface area contributed by atoms with Crippen LogP contribution < -0.4 is 9.46 Å². The molecule has 0 saturated carbocycles. The van der Waals surface area contributed by atoms with Crippen LogP contribution in [-0.4, -0.2) is 39.6 Å². The molecule has 0 aliphatic carbocycles. The van der Waals surface area contributed by atoms with E-state index in [0.29, 0.717) is 12.3 Å². The Hall–Kier alpha value is -1.19. The summed E-state index contributed by atoms with van der Waals surface area (Å²) < 4.78 is 35.7. The van der Waals surface area contributed by atoms with Crippen molar-refractivity contribution in [1.82, 2.24) is 9.71 Å². The number of rotatable bonds is 7. The van der Waals surface area contributed by atoms with Crippen LogP contribution in [0.5, 0.6) is 5.19 Å². The van der Waals surface area contributed by atoms with Crippen LogP contribution >= 0.6 is 11.3 Å². The van der Waals surface area contributed by atoms with Crippen LogP contribution in [0.3, 0.4) is 0 Å². The van der Waals surface area contributed by atoms with Gasteiger partial charge >= 0.3 is 0 Å². The third kappa shape index (κ3) is 4.44. The van der Waals surface area contributed by atoms with Crippen molar-refractivity contribution in [3.8, 4) is 5.19 Å². The van der Waals surface area contributed by atoms with Crippen LogP contribution in [0.4, 0.5) is 0 Å². The first-order valence-corrected chi connectivity index (χ1v) is 7.85. The summed E-state index contributed by atoms with van der Waals surface area (Å²) in [6, 6.07) is 0. The number of carbonyl (C=O) groups excluding carboxylic acids is 1. The molecule has 108 valence electrons. The summed E-state index contributed by atoms with van der Waals surface area (Å²) in [6.07, 6.45) is -0.0118. The molecular weight excluding hydrogens is 292 g/mol. The lowest BCUT2D eigenvalue weighted by atomic mass is 10.4. The van der Waals surface area contributed by atoms with Gasteiger partial charge in [-0.15, -0.1) is 0 Å². The third-order valence-corrected chi connectivity index (χ3v) is 5.18. The number of hydrogen-bond acceptors (Lipinski definition) is 7. The summed E-state index contributed by atoms with van der Waals surface area (Å²) in [4.78, 5) is 15.4. The second-order valence-electron chi connectivity index (χ2n) is 3.53. The van der Waals surface area contributed by atoms with E-state index in [1.165, 1.54) is 14.0 Å². The summed E-state index contributed by atoms with van der Waals surface area (Å²) in [6.45, 7) is 3.99. The number of methoxy groups -OCH3 is 1. The third-order valence-electron chi connectivity index (χ3n) is 2.08. The molecule has 1 heterocycles. The molecular formula is C10H16N2O5S2. The summed E-state index contributed by atoms with van der Waals surface area (Å²) >= 11 is 0.870. The number of nitrogens with zero attached hydrogens (tertiary/aromatic N) is 1. The van der Waals surface area contributed by atoms with Crippen molar-refractivity contribution >= 4 is 27.3 Å². The van der Waals surface area contributed by atoms with Gasteiger partial charge in [-0.25, -0.2) is 18.1 Å². The van der Waals surface area contributed by atoms with E-state index in [1.807, 2.05) is 4.72 Å². The van der Waals surface area contributed by atoms with Crippen LogP contribution in [0.15, 0.2) is 4.21 Å². The van der Waals surface area contributed by atoms with Gasteiger partial charge in [0.05, 0.1) is 25.8 Å². The molecule has 9 heteroatoms. The van der Waals surface area contributed by atoms with E-state index in [1.54, 1.807) is 6.92 Å². The Bertz CT molecular complexity index is 538. The summed E-state index contributed by atoms with van der Waals surface area (Å²) in [5.41, 5.74) is 0.298. The molecule has 0 bridgehead atoms. The van der Waals surface area contributed by atoms with E-state index < -0.39 is 15.9 Å². The Labute approximate surface area is 116 Å². The average molecular weight is 308 g/mol. The molecule has 0 fully saturated rings. The zero-order valence-electron chi connectivity index (χ0n) is 10.9. The number of sulfonamides is 1. The average Bonchev–Trinajstić information content (AvgIpc) is 2.71. The van der Waals surface area contributed by atoms with Gasteiger partial charge in [0.1, 0.15) is 0 Å². The fourth-order valence-electron chi connectivity index (χ4n) is 1.25. The molecule has 19 heavy (non-hydrogen) atoms. The van der Waals surface area contributed by atoms with Crippen LogP contribution in [0.1, 0.15) is 19.0 Å². The van der Waals surface area contributed by atoms with Gasteiger partial charge in [-0.05, 0) is 13.8 Å². The molecule has 0 spiro atoms. The first-order valence-electron chi connectivity index (χ1n) is 5.55. The molecule has 0 unspecified atom stereocenters. The summed E-state index contributed by atoms with van der Waals surface area (Å²) in [7, 11) is -2.50. The lowest BCUT2D eigenvalue weighted by Crippen LogP contribution is -2.31. The van der Waals surface area contributed by atoms with Crippen LogP contribution in [0.2, 0.25) is 0 Å². The summed E-state index contributed by atoms with van der Waals surface area (Å²) in [5, 5.41) is 0.236. The number of aryl methyl sites for hydroxylation is 1. The van der Waals surface area contributed by atoms with Crippen molar-refractivity contribution in [1.29, 1.82) is 0 Å². The maximum Gasteiger partial charge on any atom is 0.275 e. The first-order chi connectivity index (χ1) is 8.90. The van der Waals surface area contributed by atoms with E-state index in [4.69, 9.17) is 9.47 Å². The Morgan fingerprint density at radius 2 is 2.16 bits per heavy atom. The van der Waals surface area contributed by atoms with Crippen molar-refractivity contribution < 1.29 is 22.7 Å². The lowest BCUT2D eigenvalue weighted by molar-refractivity contribution is -0.120. The predicted octanol–water partition coefficient (Wildman–Crippen LogP) is 0.692. The minimum absolute atomic E-state index is 0.0118. The topological polar surface area (TPSA) is 94.6 Å². The maximum absolute atomic E-state index is 12.0. The van der Waals surface area contributed by atoms with Crippen LogP contribution in [0, 0.1) is 6.92 Å². The monoisotopic (exact) mass is 308 g/mol. The van der Waals surface area contributed by atoms with E-state index in [9.17, 15) is 13.2 Å². The molecule has 1 amide bonds. The maximum atomic E-state index is 12.0. The van der Waals surface area contributed by atoms with E-state index >= 15 is 0 Å². The van der Waals surface area contributed by atoms with E-state index in [0.717, 1.165) is 11.3 Å². The smallest absolute Gasteiger partial charge is 0.275 e. The second-order valence-corrected chi connectivity index (χ2v) is 6.37. The number of carbonyl (C=O) groups is 1. The highest BCUT2D eigenvalue weighted by molar-refractivity contribution is 7.92. The minimum atomic E-state index is -3.90. The number of hydrogen-bond donors (Lipinski definition) is 1. The van der Waals surface area contributed by atoms with Crippen molar-refractivity contribution in [3.63, 3.8) is 0 Å². The van der Waals surface area contributed by atoms with Gasteiger partial charge in [0.25, 0.3) is 15.2 Å². The van der Waals surface area contributed by atoms with E-state index in [-0.39, 0.29) is 22.4 Å². The zero-order chi connectivity index (χ0) is 14.5. The van der Waals surface area contributed by atoms with Gasteiger partial charge in [-0.3, -0.25) is 4.79 Å². The Balaban J connectivity index is 2.75. The molecule has 0 aliphatic heterocycles. The van der Waals surface area contributed by atoms with Gasteiger partial charge in [-0.1, -0.05) is 11.3 Å². The molecule has 0 radical (unpaired) electrons. The number of ether oxygens (including phenoxy) is 2. The quantitative estimate of drug-likeness (QED) is 0.745. The highest BCUT2D eigenvalue weighted by atomic mass is 32.2. The Morgan fingerprint density at radius 1 is 1.47 bits per heavy atom. The van der Waals surface area contributed by atoms with Crippen molar-refractivity contribution in [2.75, 3.05) is 20.3 Å². The standard InChI is InChI=1S/C10H16N2O5S2/c1-4-17-6-5-8(13)12-19(14,15)9-7(2)11-10(16-3)18-9/h4-6H2,1-3H3,(H,12,13). The Kier molecular flexibility index (Phi) is 5.70. The molecule has 0 atom stereocenters. The van der Waals surface area contributed by atoms with Gasteiger partial charge in [-0.2, -0.15) is 0 Å². The second kappa shape index (κ2) is 6.83. The predicted molar refractivity (Wildman–Crippen MR) is 69.8 cm³/mol. The van der Waals surface area contributed by atoms with Crippen LogP contribution in [0.25, 0.3) is 0 Å². The number of amides is 1. The highest BCUT2D eigenvalue weighted by Gasteiger charge is 2.24. The molecule has 1 aromatic heterocycles. The highest BCUT2D eigenvalue weighted by Crippen LogP contribution is 2.28. The molecule has 0 aliphatic rings. The van der Waals surface area contributed by atoms with Gasteiger partial charge < -0.3 is 9.47 Å². The van der Waals surface area contributed by atoms with E-state index in [2.05, 4.69) is 4.98 Å². The number of nitrogens with one attached hydrogen (secondary N) is 1. The van der Waals surface area contributed by atoms with Gasteiger partial charge in [0.2, 0.25) is 5.91 Å². The van der Waals surface area contributed by atoms with Crippen molar-refractivity contribution in [2.45, 2.75) is 24.5 Å². The van der Waals surface area contributed by atoms with Crippen LogP contribution in [-0.2, 0) is 19.6 Å². The normalized spacial score (nSPS) is 11.3. The number of thiazole rings is 1. The van der Waals surface area contributed by atoms with Crippen molar-refractivity contribution in [3.05, 3.63) is 5.69 Å². The molecule has 0 saturated heterocycles. The molecule has 1 rings (SSSR count). The zero-order valence-corrected chi connectivity index (χ0v) is 12.6. The summed E-state index contributed by atoms with van der Waals surface area (Å²) in [5.74, 6) is -0.611. The molecule has 1 N–H and O–H groups in total. The largest absolute Gasteiger partial charge is 0.473 e. The minimum Gasteiger partial charge on any atom is -0.473 e. The first kappa shape index (κ1) is 15.9. The fraction of sp³-hybridized carbons (Fsp3) is 0.600. The fourth-order valence-corrected chi connectivity index (χ4v) is 3.58. The Morgan fingerprint density at radius 3 is 2.68 bits per heavy atom. The lowest BCUT2D eigenvalue weighted by Gasteiger charge is -2.05. The molecule has 7 nitrogen and oxygen atoms in total. The van der Waals surface area contributed by atoms with Gasteiger partial charge in [0.15, 0.2) is 4.21 Å². The number of aromatic nitrogens is 1. The molecule has 0 aromatic carbocycles. The van der Waals surface area contributed by atoms with Crippen molar-refractivity contribution in [2.24, 2.45) is 0 Å². The molecule has 1 aromatic rings. The van der Waals surface area contributed by atoms with Gasteiger partial charge in [0, 0.05) is 6.61 Å².